The summed E-state index contributed by atoms with van der Waals surface area (Å²) in [7, 11) is 0. The van der Waals surface area contributed by atoms with E-state index in [2.05, 4.69) is 21.3 Å². The third-order valence-corrected chi connectivity index (χ3v) is 4.49. The molecule has 0 amide bonds. The lowest BCUT2D eigenvalue weighted by atomic mass is 9.72. The van der Waals surface area contributed by atoms with E-state index in [9.17, 15) is 4.79 Å². The van der Waals surface area contributed by atoms with Crippen molar-refractivity contribution in [3.05, 3.63) is 0 Å². The number of hydrogen-bond acceptors (Lipinski definition) is 5. The van der Waals surface area contributed by atoms with E-state index >= 15 is 0 Å². The standard InChI is InChI=1S/C15H30N4O/c20-14-4-1-2-5-15(14)12-18-10-8-16-6-3-7-17-9-11-19-13-15/h16-19H,1-13H2. The lowest BCUT2D eigenvalue weighted by Crippen LogP contribution is -2.51. The van der Waals surface area contributed by atoms with E-state index in [-0.39, 0.29) is 5.41 Å². The van der Waals surface area contributed by atoms with Gasteiger partial charge >= 0.3 is 0 Å². The second-order valence-electron chi connectivity index (χ2n) is 6.12. The predicted molar refractivity (Wildman–Crippen MR) is 82.0 cm³/mol. The molecule has 0 aromatic rings. The molecule has 5 heteroatoms. The molecule has 0 bridgehead atoms. The van der Waals surface area contributed by atoms with Crippen molar-refractivity contribution in [3.8, 4) is 0 Å². The van der Waals surface area contributed by atoms with Crippen molar-refractivity contribution in [1.82, 2.24) is 21.3 Å². The minimum Gasteiger partial charge on any atom is -0.315 e. The highest BCUT2D eigenvalue weighted by Gasteiger charge is 2.38. The largest absolute Gasteiger partial charge is 0.315 e. The van der Waals surface area contributed by atoms with Gasteiger partial charge < -0.3 is 21.3 Å². The average Bonchev–Trinajstić information content (AvgIpc) is 2.46. The number of ketones is 1. The van der Waals surface area contributed by atoms with Crippen LogP contribution >= 0.6 is 0 Å². The fraction of sp³-hybridized carbons (Fsp3) is 0.933. The maximum Gasteiger partial charge on any atom is 0.141 e. The molecule has 1 spiro atoms. The number of carbonyl (C=O) groups excluding carboxylic acids is 1. The second kappa shape index (κ2) is 8.72. The summed E-state index contributed by atoms with van der Waals surface area (Å²) in [5.41, 5.74) is -0.164. The quantitative estimate of drug-likeness (QED) is 0.499. The van der Waals surface area contributed by atoms with Gasteiger partial charge in [0.1, 0.15) is 5.78 Å². The lowest BCUT2D eigenvalue weighted by Gasteiger charge is -2.36. The second-order valence-corrected chi connectivity index (χ2v) is 6.12. The summed E-state index contributed by atoms with van der Waals surface area (Å²) in [5.74, 6) is 0.455. The smallest absolute Gasteiger partial charge is 0.141 e. The molecule has 0 aromatic heterocycles. The predicted octanol–water partition coefficient (Wildman–Crippen LogP) is -0.122. The van der Waals surface area contributed by atoms with Gasteiger partial charge in [-0.1, -0.05) is 6.42 Å². The van der Waals surface area contributed by atoms with Gasteiger partial charge in [0.05, 0.1) is 5.41 Å². The van der Waals surface area contributed by atoms with E-state index in [4.69, 9.17) is 0 Å². The molecule has 2 rings (SSSR count). The Labute approximate surface area is 122 Å². The average molecular weight is 282 g/mol. The normalized spacial score (nSPS) is 27.1. The van der Waals surface area contributed by atoms with Gasteiger partial charge in [-0.25, -0.2) is 0 Å². The summed E-state index contributed by atoms with van der Waals surface area (Å²) in [6.45, 7) is 7.64. The van der Waals surface area contributed by atoms with Crippen LogP contribution in [0.1, 0.15) is 32.1 Å². The molecule has 0 aromatic carbocycles. The van der Waals surface area contributed by atoms with Crippen LogP contribution < -0.4 is 21.3 Å². The highest BCUT2D eigenvalue weighted by Crippen LogP contribution is 2.32. The number of rotatable bonds is 0. The summed E-state index contributed by atoms with van der Waals surface area (Å²) in [6.07, 6.45) is 5.23. The molecule has 0 atom stereocenters. The lowest BCUT2D eigenvalue weighted by molar-refractivity contribution is -0.130. The SMILES string of the molecule is O=C1CCCCC12CNCCNCCCNCCNC2. The topological polar surface area (TPSA) is 65.2 Å². The van der Waals surface area contributed by atoms with Crippen molar-refractivity contribution in [2.45, 2.75) is 32.1 Å². The Morgan fingerprint density at radius 1 is 0.700 bits per heavy atom. The van der Waals surface area contributed by atoms with Crippen LogP contribution in [0.25, 0.3) is 0 Å². The van der Waals surface area contributed by atoms with Gasteiger partial charge in [0.2, 0.25) is 0 Å². The van der Waals surface area contributed by atoms with Gasteiger partial charge in [0.15, 0.2) is 0 Å². The highest BCUT2D eigenvalue weighted by atomic mass is 16.1. The molecule has 20 heavy (non-hydrogen) atoms. The highest BCUT2D eigenvalue weighted by molar-refractivity contribution is 5.86. The Kier molecular flexibility index (Phi) is 6.93. The fourth-order valence-electron chi connectivity index (χ4n) is 3.19. The number of Topliss-reactive ketones (excluding diaryl/α,β-unsaturated/α-hetero) is 1. The first-order valence-electron chi connectivity index (χ1n) is 8.20. The zero-order valence-corrected chi connectivity index (χ0v) is 12.6. The van der Waals surface area contributed by atoms with Crippen LogP contribution in [-0.2, 0) is 4.79 Å². The molecule has 5 nitrogen and oxygen atoms in total. The van der Waals surface area contributed by atoms with Crippen molar-refractivity contribution >= 4 is 5.78 Å². The third kappa shape index (κ3) is 4.81. The Morgan fingerprint density at radius 3 is 1.90 bits per heavy atom. The summed E-state index contributed by atoms with van der Waals surface area (Å²) >= 11 is 0. The zero-order valence-electron chi connectivity index (χ0n) is 12.6. The van der Waals surface area contributed by atoms with Crippen molar-refractivity contribution in [2.75, 3.05) is 52.4 Å². The summed E-state index contributed by atoms with van der Waals surface area (Å²) in [5, 5.41) is 13.9. The fourth-order valence-corrected chi connectivity index (χ4v) is 3.19. The van der Waals surface area contributed by atoms with Crippen molar-refractivity contribution in [1.29, 1.82) is 0 Å². The van der Waals surface area contributed by atoms with Crippen LogP contribution in [0, 0.1) is 5.41 Å². The van der Waals surface area contributed by atoms with E-state index in [0.29, 0.717) is 5.78 Å². The van der Waals surface area contributed by atoms with Crippen LogP contribution in [0.15, 0.2) is 0 Å². The van der Waals surface area contributed by atoms with Gasteiger partial charge in [-0.3, -0.25) is 4.79 Å². The van der Waals surface area contributed by atoms with Gasteiger partial charge in [0, 0.05) is 45.7 Å². The summed E-state index contributed by atoms with van der Waals surface area (Å²) in [4.78, 5) is 12.4. The Bertz CT molecular complexity index is 282. The molecule has 0 unspecified atom stereocenters. The molecule has 116 valence electrons. The first-order chi connectivity index (χ1) is 9.83. The molecule has 1 saturated carbocycles. The molecular weight excluding hydrogens is 252 g/mol. The maximum atomic E-state index is 12.4. The zero-order chi connectivity index (χ0) is 14.1. The van der Waals surface area contributed by atoms with Gasteiger partial charge in [-0.2, -0.15) is 0 Å². The Balaban J connectivity index is 1.88. The molecule has 1 heterocycles. The molecule has 1 saturated heterocycles. The van der Waals surface area contributed by atoms with E-state index < -0.39 is 0 Å². The summed E-state index contributed by atoms with van der Waals surface area (Å²) in [6, 6.07) is 0. The Morgan fingerprint density at radius 2 is 1.30 bits per heavy atom. The van der Waals surface area contributed by atoms with E-state index in [1.165, 1.54) is 12.8 Å². The number of nitrogens with one attached hydrogen (secondary N) is 4. The van der Waals surface area contributed by atoms with Crippen LogP contribution in [0.4, 0.5) is 0 Å². The van der Waals surface area contributed by atoms with Crippen LogP contribution in [0.3, 0.4) is 0 Å². The number of hydrogen-bond donors (Lipinski definition) is 4. The van der Waals surface area contributed by atoms with Crippen molar-refractivity contribution < 1.29 is 4.79 Å². The molecule has 1 aliphatic carbocycles. The number of carbonyl (C=O) groups is 1. The van der Waals surface area contributed by atoms with Crippen LogP contribution in [0.5, 0.6) is 0 Å². The minimum atomic E-state index is -0.164. The van der Waals surface area contributed by atoms with Gasteiger partial charge in [-0.15, -0.1) is 0 Å². The van der Waals surface area contributed by atoms with Crippen LogP contribution in [0.2, 0.25) is 0 Å². The van der Waals surface area contributed by atoms with Crippen LogP contribution in [-0.4, -0.2) is 58.1 Å². The van der Waals surface area contributed by atoms with Crippen molar-refractivity contribution in [2.24, 2.45) is 5.41 Å². The third-order valence-electron chi connectivity index (χ3n) is 4.49. The monoisotopic (exact) mass is 282 g/mol. The molecule has 2 aliphatic rings. The van der Waals surface area contributed by atoms with Crippen molar-refractivity contribution in [3.63, 3.8) is 0 Å². The first kappa shape index (κ1) is 15.9. The Hall–Kier alpha value is -0.490. The van der Waals surface area contributed by atoms with E-state index in [0.717, 1.165) is 71.6 Å². The van der Waals surface area contributed by atoms with E-state index in [1.54, 1.807) is 0 Å². The molecule has 0 radical (unpaired) electrons. The summed E-state index contributed by atoms with van der Waals surface area (Å²) < 4.78 is 0. The molecule has 1 aliphatic heterocycles. The first-order valence-corrected chi connectivity index (χ1v) is 8.20. The van der Waals surface area contributed by atoms with E-state index in [1.807, 2.05) is 0 Å². The molecular formula is C15H30N4O. The molecule has 2 fully saturated rings. The van der Waals surface area contributed by atoms with Gasteiger partial charge in [0.25, 0.3) is 0 Å². The maximum absolute atomic E-state index is 12.4. The minimum absolute atomic E-state index is 0.164. The van der Waals surface area contributed by atoms with Gasteiger partial charge in [-0.05, 0) is 32.4 Å². The molecule has 4 N–H and O–H groups in total.